The van der Waals surface area contributed by atoms with E-state index in [-0.39, 0.29) is 17.9 Å². The maximum absolute atomic E-state index is 13.1. The van der Waals surface area contributed by atoms with Crippen molar-refractivity contribution in [3.63, 3.8) is 0 Å². The summed E-state index contributed by atoms with van der Waals surface area (Å²) < 4.78 is 2.16. The zero-order chi connectivity index (χ0) is 19.1. The van der Waals surface area contributed by atoms with Crippen LogP contribution in [0.3, 0.4) is 0 Å². The molecule has 28 heavy (non-hydrogen) atoms. The molecule has 0 aliphatic carbocycles. The lowest BCUT2D eigenvalue weighted by Crippen LogP contribution is -2.50. The highest BCUT2D eigenvalue weighted by atomic mass is 16.2. The number of amides is 2. The monoisotopic (exact) mass is 377 g/mol. The summed E-state index contributed by atoms with van der Waals surface area (Å²) in [6, 6.07) is 4.41. The standard InChI is InChI=1S/C20H23N7O/c21-9-14-3-1-7-25(12-14)20(28)26-8-2-4-15(13-26)19-24-11-16-10-23-18-17(27(16)19)5-6-22-18/h5-6,10-11,14-15,22H,1-4,7-8,12-13H2/t14-,15+/m0/s1. The Morgan fingerprint density at radius 2 is 1.93 bits per heavy atom. The van der Waals surface area contributed by atoms with Crippen LogP contribution in [0.25, 0.3) is 16.7 Å². The molecule has 8 nitrogen and oxygen atoms in total. The SMILES string of the molecule is N#C[C@@H]1CCCN(C(=O)N2CCC[C@@H](c3ncc4cnc5[nH]ccc5n34)C2)C1. The molecule has 5 heterocycles. The summed E-state index contributed by atoms with van der Waals surface area (Å²) in [7, 11) is 0. The molecule has 2 fully saturated rings. The van der Waals surface area contributed by atoms with E-state index < -0.39 is 0 Å². The van der Waals surface area contributed by atoms with Gasteiger partial charge >= 0.3 is 6.03 Å². The third-order valence-electron chi connectivity index (χ3n) is 6.02. The Kier molecular flexibility index (Phi) is 4.15. The average Bonchev–Trinajstić information content (AvgIpc) is 3.39. The van der Waals surface area contributed by atoms with Gasteiger partial charge in [0.1, 0.15) is 5.82 Å². The molecule has 2 saturated heterocycles. The topological polar surface area (TPSA) is 93.3 Å². The number of rotatable bonds is 1. The molecule has 2 aliphatic heterocycles. The van der Waals surface area contributed by atoms with E-state index >= 15 is 0 Å². The zero-order valence-corrected chi connectivity index (χ0v) is 15.7. The van der Waals surface area contributed by atoms with Crippen LogP contribution in [-0.2, 0) is 0 Å². The molecule has 0 spiro atoms. The minimum absolute atomic E-state index is 0.0381. The lowest BCUT2D eigenvalue weighted by molar-refractivity contribution is 0.123. The summed E-state index contributed by atoms with van der Waals surface area (Å²) in [6.07, 6.45) is 9.35. The fraction of sp³-hybridized carbons (Fsp3) is 0.500. The first-order chi connectivity index (χ1) is 13.7. The molecule has 3 aromatic rings. The highest BCUT2D eigenvalue weighted by molar-refractivity contribution is 5.76. The van der Waals surface area contributed by atoms with Crippen LogP contribution >= 0.6 is 0 Å². The fourth-order valence-electron chi connectivity index (χ4n) is 4.61. The second kappa shape index (κ2) is 6.82. The number of imidazole rings is 1. The summed E-state index contributed by atoms with van der Waals surface area (Å²) in [5.41, 5.74) is 2.83. The third-order valence-corrected chi connectivity index (χ3v) is 6.02. The summed E-state index contributed by atoms with van der Waals surface area (Å²) in [4.78, 5) is 29.2. The molecular weight excluding hydrogens is 354 g/mol. The first-order valence-corrected chi connectivity index (χ1v) is 9.97. The van der Waals surface area contributed by atoms with Gasteiger partial charge in [-0.25, -0.2) is 14.8 Å². The molecule has 2 amide bonds. The number of hydrogen-bond donors (Lipinski definition) is 1. The van der Waals surface area contributed by atoms with Crippen molar-refractivity contribution in [3.05, 3.63) is 30.5 Å². The van der Waals surface area contributed by atoms with Crippen LogP contribution in [0, 0.1) is 17.2 Å². The number of H-pyrrole nitrogens is 1. The summed E-state index contributed by atoms with van der Waals surface area (Å²) in [5.74, 6) is 1.15. The summed E-state index contributed by atoms with van der Waals surface area (Å²) >= 11 is 0. The maximum atomic E-state index is 13.1. The molecule has 0 aromatic carbocycles. The quantitative estimate of drug-likeness (QED) is 0.706. The van der Waals surface area contributed by atoms with Crippen LogP contribution in [0.2, 0.25) is 0 Å². The number of nitrogens with one attached hydrogen (secondary N) is 1. The van der Waals surface area contributed by atoms with Gasteiger partial charge in [-0.1, -0.05) is 0 Å². The van der Waals surface area contributed by atoms with Gasteiger partial charge in [-0.15, -0.1) is 0 Å². The number of piperidine rings is 2. The highest BCUT2D eigenvalue weighted by Crippen LogP contribution is 2.29. The Balaban J connectivity index is 1.40. The van der Waals surface area contributed by atoms with Crippen molar-refractivity contribution in [3.8, 4) is 6.07 Å². The van der Waals surface area contributed by atoms with E-state index in [9.17, 15) is 10.1 Å². The lowest BCUT2D eigenvalue weighted by Gasteiger charge is -2.38. The molecule has 0 radical (unpaired) electrons. The minimum Gasteiger partial charge on any atom is -0.345 e. The first kappa shape index (κ1) is 17.0. The van der Waals surface area contributed by atoms with Crippen LogP contribution in [-0.4, -0.2) is 61.4 Å². The van der Waals surface area contributed by atoms with Gasteiger partial charge in [0.2, 0.25) is 0 Å². The lowest BCUT2D eigenvalue weighted by atomic mass is 9.96. The van der Waals surface area contributed by atoms with Crippen LogP contribution < -0.4 is 0 Å². The van der Waals surface area contributed by atoms with Crippen molar-refractivity contribution in [1.29, 1.82) is 5.26 Å². The van der Waals surface area contributed by atoms with Crippen LogP contribution in [0.4, 0.5) is 4.79 Å². The number of aromatic amines is 1. The number of fused-ring (bicyclic) bond motifs is 3. The average molecular weight is 377 g/mol. The molecule has 0 unspecified atom stereocenters. The molecule has 8 heteroatoms. The Morgan fingerprint density at radius 3 is 2.79 bits per heavy atom. The van der Waals surface area contributed by atoms with Crippen molar-refractivity contribution in [2.45, 2.75) is 31.6 Å². The number of carbonyl (C=O) groups is 1. The van der Waals surface area contributed by atoms with Crippen molar-refractivity contribution >= 4 is 22.7 Å². The number of hydrogen-bond acceptors (Lipinski definition) is 4. The highest BCUT2D eigenvalue weighted by Gasteiger charge is 2.32. The van der Waals surface area contributed by atoms with E-state index in [1.165, 1.54) is 0 Å². The van der Waals surface area contributed by atoms with Gasteiger partial charge in [-0.2, -0.15) is 5.26 Å². The van der Waals surface area contributed by atoms with Crippen molar-refractivity contribution in [1.82, 2.24) is 29.2 Å². The third kappa shape index (κ3) is 2.78. The summed E-state index contributed by atoms with van der Waals surface area (Å²) in [5, 5.41) is 9.22. The normalized spacial score (nSPS) is 23.2. The van der Waals surface area contributed by atoms with E-state index in [1.54, 1.807) is 0 Å². The molecule has 0 saturated carbocycles. The van der Waals surface area contributed by atoms with Crippen molar-refractivity contribution in [2.75, 3.05) is 26.2 Å². The Labute approximate surface area is 162 Å². The van der Waals surface area contributed by atoms with Gasteiger partial charge in [0.25, 0.3) is 0 Å². The number of nitrogens with zero attached hydrogens (tertiary/aromatic N) is 6. The molecule has 1 N–H and O–H groups in total. The summed E-state index contributed by atoms with van der Waals surface area (Å²) in [6.45, 7) is 2.74. The molecule has 3 aromatic heterocycles. The van der Waals surface area contributed by atoms with Gasteiger partial charge in [-0.05, 0) is 31.7 Å². The fourth-order valence-corrected chi connectivity index (χ4v) is 4.61. The van der Waals surface area contributed by atoms with Crippen molar-refractivity contribution in [2.24, 2.45) is 5.92 Å². The van der Waals surface area contributed by atoms with Crippen molar-refractivity contribution < 1.29 is 4.79 Å². The number of carbonyl (C=O) groups excluding carboxylic acids is 1. The first-order valence-electron chi connectivity index (χ1n) is 9.97. The second-order valence-electron chi connectivity index (χ2n) is 7.83. The Hall–Kier alpha value is -3.08. The molecule has 144 valence electrons. The Bertz CT molecular complexity index is 1060. The van der Waals surface area contributed by atoms with E-state index in [0.717, 1.165) is 61.3 Å². The van der Waals surface area contributed by atoms with Crippen LogP contribution in [0.15, 0.2) is 24.7 Å². The number of nitriles is 1. The predicted molar refractivity (Wildman–Crippen MR) is 104 cm³/mol. The van der Waals surface area contributed by atoms with Crippen LogP contribution in [0.5, 0.6) is 0 Å². The second-order valence-corrected chi connectivity index (χ2v) is 7.83. The van der Waals surface area contributed by atoms with Gasteiger partial charge in [0.05, 0.1) is 35.4 Å². The van der Waals surface area contributed by atoms with Gasteiger partial charge in [0, 0.05) is 38.3 Å². The van der Waals surface area contributed by atoms with Gasteiger partial charge in [0.15, 0.2) is 5.65 Å². The van der Waals surface area contributed by atoms with E-state index in [0.29, 0.717) is 13.1 Å². The zero-order valence-electron chi connectivity index (χ0n) is 15.7. The molecule has 0 bridgehead atoms. The molecule has 2 atom stereocenters. The molecular formula is C20H23N7O. The predicted octanol–water partition coefficient (Wildman–Crippen LogP) is 2.75. The van der Waals surface area contributed by atoms with E-state index in [2.05, 4.69) is 20.4 Å². The minimum atomic E-state index is -0.0381. The van der Waals surface area contributed by atoms with Gasteiger partial charge in [-0.3, -0.25) is 4.40 Å². The maximum Gasteiger partial charge on any atom is 0.320 e. The van der Waals surface area contributed by atoms with Gasteiger partial charge < -0.3 is 14.8 Å². The number of urea groups is 1. The largest absolute Gasteiger partial charge is 0.345 e. The smallest absolute Gasteiger partial charge is 0.320 e. The van der Waals surface area contributed by atoms with E-state index in [4.69, 9.17) is 4.98 Å². The molecule has 2 aliphatic rings. The van der Waals surface area contributed by atoms with E-state index in [1.807, 2.05) is 34.5 Å². The van der Waals surface area contributed by atoms with Crippen LogP contribution in [0.1, 0.15) is 37.4 Å². The number of aromatic nitrogens is 4. The Morgan fingerprint density at radius 1 is 1.14 bits per heavy atom. The number of likely N-dealkylation sites (tertiary alicyclic amines) is 2. The molecule has 5 rings (SSSR count).